The highest BCUT2D eigenvalue weighted by atomic mass is 16.5. The fraction of sp³-hybridized carbons (Fsp3) is 0.895. The molecule has 3 rings (SSSR count). The molecule has 3 aliphatic rings. The highest BCUT2D eigenvalue weighted by molar-refractivity contribution is 5.82. The third-order valence-corrected chi connectivity index (χ3v) is 6.33. The lowest BCUT2D eigenvalue weighted by Crippen LogP contribution is -2.60. The van der Waals surface area contributed by atoms with Crippen LogP contribution in [-0.4, -0.2) is 78.6 Å². The number of likely N-dealkylation sites (tertiary alicyclic amines) is 1. The molecule has 6 nitrogen and oxygen atoms in total. The van der Waals surface area contributed by atoms with Crippen molar-refractivity contribution in [3.63, 3.8) is 0 Å². The minimum atomic E-state index is -0.256. The summed E-state index contributed by atoms with van der Waals surface area (Å²) in [6.45, 7) is 5.94. The zero-order chi connectivity index (χ0) is 17.8. The quantitative estimate of drug-likeness (QED) is 0.783. The lowest BCUT2D eigenvalue weighted by molar-refractivity contribution is -0.143. The maximum absolute atomic E-state index is 13.4. The van der Waals surface area contributed by atoms with E-state index in [4.69, 9.17) is 4.74 Å². The number of hydrogen-bond donors (Lipinski definition) is 0. The van der Waals surface area contributed by atoms with Crippen molar-refractivity contribution in [1.29, 1.82) is 0 Å². The van der Waals surface area contributed by atoms with Gasteiger partial charge in [0.15, 0.2) is 0 Å². The maximum atomic E-state index is 13.4. The molecule has 0 aromatic carbocycles. The molecule has 2 amide bonds. The zero-order valence-corrected chi connectivity index (χ0v) is 15.8. The Hall–Kier alpha value is -1.30. The van der Waals surface area contributed by atoms with Crippen LogP contribution in [0.5, 0.6) is 0 Å². The van der Waals surface area contributed by atoms with Crippen LogP contribution in [0.3, 0.4) is 0 Å². The molecule has 2 aliphatic heterocycles. The molecule has 1 saturated carbocycles. The number of carbonyl (C=O) groups excluding carboxylic acids is 2. The molecule has 25 heavy (non-hydrogen) atoms. The molecule has 3 fully saturated rings. The molecule has 0 spiro atoms. The van der Waals surface area contributed by atoms with Crippen LogP contribution in [0.15, 0.2) is 0 Å². The minimum Gasteiger partial charge on any atom is -0.453 e. The number of ether oxygens (including phenoxy) is 1. The second kappa shape index (κ2) is 8.39. The van der Waals surface area contributed by atoms with E-state index in [1.165, 1.54) is 26.4 Å². The van der Waals surface area contributed by atoms with E-state index < -0.39 is 0 Å². The molecule has 2 saturated heterocycles. The summed E-state index contributed by atoms with van der Waals surface area (Å²) in [7, 11) is 1.43. The topological polar surface area (TPSA) is 53.1 Å². The summed E-state index contributed by atoms with van der Waals surface area (Å²) in [4.78, 5) is 31.4. The van der Waals surface area contributed by atoms with Crippen LogP contribution < -0.4 is 0 Å². The fourth-order valence-electron chi connectivity index (χ4n) is 4.84. The summed E-state index contributed by atoms with van der Waals surface area (Å²) in [5, 5.41) is 0. The summed E-state index contributed by atoms with van der Waals surface area (Å²) in [5.41, 5.74) is 0. The van der Waals surface area contributed by atoms with Crippen LogP contribution >= 0.6 is 0 Å². The number of rotatable bonds is 3. The van der Waals surface area contributed by atoms with Crippen molar-refractivity contribution in [2.75, 3.05) is 39.8 Å². The molecular weight excluding hydrogens is 318 g/mol. The van der Waals surface area contributed by atoms with E-state index in [-0.39, 0.29) is 12.1 Å². The van der Waals surface area contributed by atoms with Gasteiger partial charge in [0.1, 0.15) is 0 Å². The van der Waals surface area contributed by atoms with Crippen molar-refractivity contribution >= 4 is 12.0 Å². The number of amides is 2. The first-order valence-electron chi connectivity index (χ1n) is 9.99. The third kappa shape index (κ3) is 4.10. The molecule has 0 N–H and O–H groups in total. The Labute approximate surface area is 151 Å². The number of piperidine rings is 1. The Bertz CT molecular complexity index is 471. The van der Waals surface area contributed by atoms with Gasteiger partial charge < -0.3 is 14.5 Å². The second-order valence-electron chi connectivity index (χ2n) is 7.86. The van der Waals surface area contributed by atoms with E-state index in [0.717, 1.165) is 45.3 Å². The first-order chi connectivity index (χ1) is 12.1. The lowest BCUT2D eigenvalue weighted by Gasteiger charge is -2.44. The van der Waals surface area contributed by atoms with Gasteiger partial charge in [-0.1, -0.05) is 12.8 Å². The first kappa shape index (κ1) is 18.5. The second-order valence-corrected chi connectivity index (χ2v) is 7.86. The van der Waals surface area contributed by atoms with Crippen molar-refractivity contribution in [3.8, 4) is 0 Å². The number of hydrogen-bond acceptors (Lipinski definition) is 4. The molecule has 0 radical (unpaired) electrons. The van der Waals surface area contributed by atoms with E-state index in [0.29, 0.717) is 31.0 Å². The Morgan fingerprint density at radius 1 is 0.920 bits per heavy atom. The van der Waals surface area contributed by atoms with Gasteiger partial charge in [0.2, 0.25) is 5.91 Å². The number of carbonyl (C=O) groups is 2. The predicted octanol–water partition coefficient (Wildman–Crippen LogP) is 2.33. The largest absolute Gasteiger partial charge is 0.453 e. The third-order valence-electron chi connectivity index (χ3n) is 6.33. The Kier molecular flexibility index (Phi) is 6.20. The summed E-state index contributed by atoms with van der Waals surface area (Å²) < 4.78 is 4.84. The van der Waals surface area contributed by atoms with Gasteiger partial charge in [0, 0.05) is 38.8 Å². The van der Waals surface area contributed by atoms with Gasteiger partial charge >= 0.3 is 6.09 Å². The van der Waals surface area contributed by atoms with E-state index in [2.05, 4.69) is 16.7 Å². The Morgan fingerprint density at radius 2 is 1.56 bits per heavy atom. The summed E-state index contributed by atoms with van der Waals surface area (Å²) in [5.74, 6) is 0.817. The molecule has 0 aromatic rings. The van der Waals surface area contributed by atoms with Crippen LogP contribution in [0.4, 0.5) is 4.79 Å². The van der Waals surface area contributed by atoms with Gasteiger partial charge in [-0.2, -0.15) is 0 Å². The monoisotopic (exact) mass is 351 g/mol. The van der Waals surface area contributed by atoms with E-state index in [1.54, 1.807) is 4.90 Å². The normalized spacial score (nSPS) is 27.4. The van der Waals surface area contributed by atoms with Gasteiger partial charge in [-0.05, 0) is 44.9 Å². The van der Waals surface area contributed by atoms with Crippen LogP contribution in [0, 0.1) is 5.92 Å². The molecule has 2 unspecified atom stereocenters. The van der Waals surface area contributed by atoms with Crippen molar-refractivity contribution < 1.29 is 14.3 Å². The highest BCUT2D eigenvalue weighted by Gasteiger charge is 2.40. The molecular formula is C19H33N3O3. The van der Waals surface area contributed by atoms with Crippen molar-refractivity contribution in [2.45, 2.75) is 64.0 Å². The zero-order valence-electron chi connectivity index (χ0n) is 15.8. The average Bonchev–Trinajstić information content (AvgIpc) is 3.16. The summed E-state index contributed by atoms with van der Waals surface area (Å²) in [6.07, 6.45) is 8.04. The van der Waals surface area contributed by atoms with E-state index in [1.807, 2.05) is 0 Å². The molecule has 0 bridgehead atoms. The molecule has 1 aliphatic carbocycles. The SMILES string of the molecule is COC(=O)N1CCN(C(C(=O)N2CCCCC2C)C2CCCC2)CC1. The fourth-order valence-corrected chi connectivity index (χ4v) is 4.84. The maximum Gasteiger partial charge on any atom is 0.409 e. The molecule has 2 atom stereocenters. The standard InChI is InChI=1S/C19H33N3O3/c1-15-7-5-6-10-22(15)18(23)17(16-8-3-4-9-16)20-11-13-21(14-12-20)19(24)25-2/h15-17H,3-14H2,1-2H3. The molecule has 0 aromatic heterocycles. The van der Waals surface area contributed by atoms with Crippen LogP contribution in [0.2, 0.25) is 0 Å². The van der Waals surface area contributed by atoms with Crippen LogP contribution in [0.25, 0.3) is 0 Å². The number of piperazine rings is 1. The predicted molar refractivity (Wildman–Crippen MR) is 96.3 cm³/mol. The van der Waals surface area contributed by atoms with Gasteiger partial charge in [-0.25, -0.2) is 4.79 Å². The van der Waals surface area contributed by atoms with Crippen molar-refractivity contribution in [1.82, 2.24) is 14.7 Å². The van der Waals surface area contributed by atoms with Crippen LogP contribution in [0.1, 0.15) is 51.9 Å². The summed E-state index contributed by atoms with van der Waals surface area (Å²) >= 11 is 0. The molecule has 6 heteroatoms. The Morgan fingerprint density at radius 3 is 2.16 bits per heavy atom. The van der Waals surface area contributed by atoms with Gasteiger partial charge in [-0.3, -0.25) is 9.69 Å². The smallest absolute Gasteiger partial charge is 0.409 e. The van der Waals surface area contributed by atoms with Crippen molar-refractivity contribution in [2.24, 2.45) is 5.92 Å². The van der Waals surface area contributed by atoms with Gasteiger partial charge in [0.05, 0.1) is 13.2 Å². The molecule has 142 valence electrons. The van der Waals surface area contributed by atoms with Crippen molar-refractivity contribution in [3.05, 3.63) is 0 Å². The average molecular weight is 351 g/mol. The van der Waals surface area contributed by atoms with E-state index in [9.17, 15) is 9.59 Å². The van der Waals surface area contributed by atoms with E-state index >= 15 is 0 Å². The lowest BCUT2D eigenvalue weighted by atomic mass is 9.92. The number of nitrogens with zero attached hydrogens (tertiary/aromatic N) is 3. The Balaban J connectivity index is 1.69. The van der Waals surface area contributed by atoms with Gasteiger partial charge in [-0.15, -0.1) is 0 Å². The van der Waals surface area contributed by atoms with Gasteiger partial charge in [0.25, 0.3) is 0 Å². The summed E-state index contributed by atoms with van der Waals surface area (Å²) in [6, 6.07) is 0.365. The van der Waals surface area contributed by atoms with Crippen LogP contribution in [-0.2, 0) is 9.53 Å². The minimum absolute atomic E-state index is 0.00264. The molecule has 2 heterocycles. The number of methoxy groups -OCH3 is 1. The first-order valence-corrected chi connectivity index (χ1v) is 9.99. The highest BCUT2D eigenvalue weighted by Crippen LogP contribution is 2.33.